The third-order valence-corrected chi connectivity index (χ3v) is 9.03. The molecule has 0 saturated carbocycles. The van der Waals surface area contributed by atoms with E-state index < -0.39 is 0 Å². The highest BCUT2D eigenvalue weighted by Gasteiger charge is 2.15. The molecule has 0 atom stereocenters. The van der Waals surface area contributed by atoms with Crippen molar-refractivity contribution in [1.82, 2.24) is 24.3 Å². The normalized spacial score (nSPS) is 11.8. The van der Waals surface area contributed by atoms with Crippen molar-refractivity contribution in [3.8, 4) is 45.3 Å². The van der Waals surface area contributed by atoms with Crippen LogP contribution in [-0.2, 0) is 0 Å². The number of nitrogens with zero attached hydrogens (tertiary/aromatic N) is 5. The first kappa shape index (κ1) is 26.5. The van der Waals surface area contributed by atoms with Crippen molar-refractivity contribution < 1.29 is 4.42 Å². The summed E-state index contributed by atoms with van der Waals surface area (Å²) in [6.45, 7) is 0. The van der Waals surface area contributed by atoms with Crippen LogP contribution >= 0.6 is 0 Å². The summed E-state index contributed by atoms with van der Waals surface area (Å²) < 4.78 is 8.43. The molecule has 0 aliphatic heterocycles. The summed E-state index contributed by atoms with van der Waals surface area (Å²) in [4.78, 5) is 19.8. The fraction of sp³-hybridized carbons (Fsp3) is 0. The Hall–Kier alpha value is -6.66. The third kappa shape index (κ3) is 4.27. The Kier molecular flexibility index (Phi) is 5.77. The first-order chi connectivity index (χ1) is 23.7. The lowest BCUT2D eigenvalue weighted by atomic mass is 10.0. The zero-order valence-corrected chi connectivity index (χ0v) is 25.6. The molecule has 6 nitrogen and oxygen atoms in total. The van der Waals surface area contributed by atoms with Crippen LogP contribution in [0.25, 0.3) is 94.8 Å². The lowest BCUT2D eigenvalue weighted by Crippen LogP contribution is -2.00. The van der Waals surface area contributed by atoms with E-state index in [0.29, 0.717) is 17.5 Å². The molecule has 0 unspecified atom stereocenters. The van der Waals surface area contributed by atoms with Crippen molar-refractivity contribution >= 4 is 49.5 Å². The smallest absolute Gasteiger partial charge is 0.164 e. The van der Waals surface area contributed by atoms with E-state index in [1.807, 2.05) is 60.7 Å². The molecular formula is C42H25N5O. The minimum Gasteiger partial charge on any atom is -0.456 e. The number of benzene rings is 6. The van der Waals surface area contributed by atoms with Crippen LogP contribution in [0.4, 0.5) is 0 Å². The van der Waals surface area contributed by atoms with E-state index in [0.717, 1.165) is 77.3 Å². The highest BCUT2D eigenvalue weighted by atomic mass is 16.3. The van der Waals surface area contributed by atoms with Gasteiger partial charge >= 0.3 is 0 Å². The van der Waals surface area contributed by atoms with Gasteiger partial charge in [0.25, 0.3) is 0 Å². The summed E-state index contributed by atoms with van der Waals surface area (Å²) in [5.41, 5.74) is 10.7. The summed E-state index contributed by atoms with van der Waals surface area (Å²) in [6, 6.07) is 51.8. The molecule has 6 aromatic carbocycles. The molecule has 0 radical (unpaired) electrons. The van der Waals surface area contributed by atoms with Gasteiger partial charge in [0.15, 0.2) is 17.5 Å². The second-order valence-corrected chi connectivity index (χ2v) is 12.0. The monoisotopic (exact) mass is 615 g/mol. The average molecular weight is 616 g/mol. The molecule has 4 aromatic heterocycles. The van der Waals surface area contributed by atoms with Crippen LogP contribution in [0.1, 0.15) is 0 Å². The number of para-hydroxylation sites is 3. The second kappa shape index (κ2) is 10.4. The van der Waals surface area contributed by atoms with Crippen LogP contribution in [0.2, 0.25) is 0 Å². The number of furan rings is 1. The highest BCUT2D eigenvalue weighted by molar-refractivity contribution is 6.05. The van der Waals surface area contributed by atoms with Gasteiger partial charge in [0.1, 0.15) is 16.8 Å². The largest absolute Gasteiger partial charge is 0.456 e. The Balaban J connectivity index is 1.10. The standard InChI is InChI=1S/C42H25N5O/c1-2-9-26(10-3-1)40-44-41(46-42(45-40)31-17-20-33-32-13-4-7-16-37(32)48-38(33)25-31)30-12-8-11-27(24-30)28-18-21-35-29(23-28)19-22-39-43-34-14-5-6-15-36(34)47(35)39/h1-25H. The van der Waals surface area contributed by atoms with E-state index >= 15 is 0 Å². The molecule has 0 spiro atoms. The summed E-state index contributed by atoms with van der Waals surface area (Å²) in [5, 5.41) is 3.30. The molecule has 10 rings (SSSR count). The maximum absolute atomic E-state index is 6.20. The molecule has 0 saturated heterocycles. The van der Waals surface area contributed by atoms with Crippen molar-refractivity contribution in [3.63, 3.8) is 0 Å². The quantitative estimate of drug-likeness (QED) is 0.197. The van der Waals surface area contributed by atoms with E-state index in [1.165, 1.54) is 0 Å². The van der Waals surface area contributed by atoms with Gasteiger partial charge in [-0.25, -0.2) is 19.9 Å². The highest BCUT2D eigenvalue weighted by Crippen LogP contribution is 2.34. The van der Waals surface area contributed by atoms with Crippen molar-refractivity contribution in [2.45, 2.75) is 0 Å². The Morgan fingerprint density at radius 2 is 1.06 bits per heavy atom. The number of fused-ring (bicyclic) bond motifs is 8. The Morgan fingerprint density at radius 1 is 0.396 bits per heavy atom. The number of aromatic nitrogens is 5. The maximum atomic E-state index is 6.20. The second-order valence-electron chi connectivity index (χ2n) is 12.0. The number of rotatable bonds is 4. The first-order valence-corrected chi connectivity index (χ1v) is 15.9. The number of pyridine rings is 1. The Bertz CT molecular complexity index is 2850. The topological polar surface area (TPSA) is 69.1 Å². The van der Waals surface area contributed by atoms with Crippen LogP contribution < -0.4 is 0 Å². The summed E-state index contributed by atoms with van der Waals surface area (Å²) >= 11 is 0. The third-order valence-electron chi connectivity index (χ3n) is 9.03. The van der Waals surface area contributed by atoms with E-state index in [9.17, 15) is 0 Å². The van der Waals surface area contributed by atoms with Gasteiger partial charge in [0.05, 0.1) is 16.6 Å². The van der Waals surface area contributed by atoms with Crippen molar-refractivity contribution in [2.75, 3.05) is 0 Å². The molecule has 4 heterocycles. The van der Waals surface area contributed by atoms with E-state index in [1.54, 1.807) is 0 Å². The summed E-state index contributed by atoms with van der Waals surface area (Å²) in [5.74, 6) is 1.82. The maximum Gasteiger partial charge on any atom is 0.164 e. The van der Waals surface area contributed by atoms with Crippen LogP contribution in [0.5, 0.6) is 0 Å². The van der Waals surface area contributed by atoms with Gasteiger partial charge in [-0.1, -0.05) is 91.0 Å². The average Bonchev–Trinajstić information content (AvgIpc) is 3.73. The van der Waals surface area contributed by atoms with E-state index in [4.69, 9.17) is 24.4 Å². The SMILES string of the molecule is c1ccc(-c2nc(-c3cccc(-c4ccc5c(ccc6nc7ccccc7n65)c4)c3)nc(-c3ccc4c(c3)oc3ccccc34)n2)cc1. The zero-order chi connectivity index (χ0) is 31.6. The lowest BCUT2D eigenvalue weighted by Gasteiger charge is -2.10. The minimum absolute atomic E-state index is 0.592. The van der Waals surface area contributed by atoms with Crippen LogP contribution in [-0.4, -0.2) is 24.3 Å². The predicted molar refractivity (Wildman–Crippen MR) is 193 cm³/mol. The van der Waals surface area contributed by atoms with Crippen LogP contribution in [0, 0.1) is 0 Å². The minimum atomic E-state index is 0.592. The molecule has 0 fully saturated rings. The van der Waals surface area contributed by atoms with E-state index in [2.05, 4.69) is 95.4 Å². The molecular weight excluding hydrogens is 590 g/mol. The van der Waals surface area contributed by atoms with Crippen LogP contribution in [0.15, 0.2) is 156 Å². The molecule has 48 heavy (non-hydrogen) atoms. The molecule has 0 aliphatic carbocycles. The van der Waals surface area contributed by atoms with Crippen molar-refractivity contribution in [2.24, 2.45) is 0 Å². The molecule has 0 amide bonds. The summed E-state index contributed by atoms with van der Waals surface area (Å²) in [7, 11) is 0. The van der Waals surface area contributed by atoms with Gasteiger partial charge < -0.3 is 4.42 Å². The molecule has 224 valence electrons. The Labute approximate surface area is 274 Å². The summed E-state index contributed by atoms with van der Waals surface area (Å²) in [6.07, 6.45) is 0. The fourth-order valence-electron chi connectivity index (χ4n) is 6.70. The van der Waals surface area contributed by atoms with E-state index in [-0.39, 0.29) is 0 Å². The molecule has 0 bridgehead atoms. The van der Waals surface area contributed by atoms with Gasteiger partial charge in [0, 0.05) is 27.5 Å². The zero-order valence-electron chi connectivity index (χ0n) is 25.6. The molecule has 10 aromatic rings. The number of imidazole rings is 1. The van der Waals surface area contributed by atoms with Gasteiger partial charge in [-0.15, -0.1) is 0 Å². The fourth-order valence-corrected chi connectivity index (χ4v) is 6.70. The van der Waals surface area contributed by atoms with Gasteiger partial charge in [-0.05, 0) is 77.2 Å². The predicted octanol–water partition coefficient (Wildman–Crippen LogP) is 10.4. The molecule has 0 aliphatic rings. The Morgan fingerprint density at radius 3 is 1.96 bits per heavy atom. The van der Waals surface area contributed by atoms with Gasteiger partial charge in [0.2, 0.25) is 0 Å². The number of hydrogen-bond acceptors (Lipinski definition) is 5. The van der Waals surface area contributed by atoms with Gasteiger partial charge in [-0.3, -0.25) is 4.40 Å². The van der Waals surface area contributed by atoms with Crippen molar-refractivity contribution in [3.05, 3.63) is 152 Å². The molecule has 0 N–H and O–H groups in total. The van der Waals surface area contributed by atoms with Crippen LogP contribution in [0.3, 0.4) is 0 Å². The first-order valence-electron chi connectivity index (χ1n) is 15.9. The van der Waals surface area contributed by atoms with Gasteiger partial charge in [-0.2, -0.15) is 0 Å². The molecule has 6 heteroatoms. The number of hydrogen-bond donors (Lipinski definition) is 0. The lowest BCUT2D eigenvalue weighted by molar-refractivity contribution is 0.669. The van der Waals surface area contributed by atoms with Crippen molar-refractivity contribution in [1.29, 1.82) is 0 Å².